The number of aromatic carboxylic acids is 1. The Bertz CT molecular complexity index is 540. The van der Waals surface area contributed by atoms with Crippen molar-refractivity contribution in [3.05, 3.63) is 23.8 Å². The van der Waals surface area contributed by atoms with Gasteiger partial charge in [0.1, 0.15) is 11.3 Å². The normalized spacial score (nSPS) is 19.0. The molecule has 114 valence electrons. The van der Waals surface area contributed by atoms with Gasteiger partial charge >= 0.3 is 12.0 Å². The third kappa shape index (κ3) is 3.85. The molecule has 1 fully saturated rings. The molecule has 21 heavy (non-hydrogen) atoms. The predicted molar refractivity (Wildman–Crippen MR) is 75.6 cm³/mol. The van der Waals surface area contributed by atoms with Crippen molar-refractivity contribution in [3.8, 4) is 5.75 Å². The molecule has 4 N–H and O–H groups in total. The van der Waals surface area contributed by atoms with Gasteiger partial charge in [-0.25, -0.2) is 9.59 Å². The van der Waals surface area contributed by atoms with Gasteiger partial charge in [-0.15, -0.1) is 0 Å². The topological polar surface area (TPSA) is 108 Å². The molecule has 1 saturated heterocycles. The second-order valence-electron chi connectivity index (χ2n) is 5.05. The van der Waals surface area contributed by atoms with Crippen molar-refractivity contribution < 1.29 is 24.5 Å². The highest BCUT2D eigenvalue weighted by Crippen LogP contribution is 2.22. The predicted octanol–water partition coefficient (Wildman–Crippen LogP) is 1.64. The lowest BCUT2D eigenvalue weighted by molar-refractivity contribution is 0.0693. The lowest BCUT2D eigenvalue weighted by atomic mass is 10.0. The Morgan fingerprint density at radius 2 is 2.19 bits per heavy atom. The number of phenols is 1. The van der Waals surface area contributed by atoms with Gasteiger partial charge in [0.25, 0.3) is 0 Å². The number of carbonyl (C=O) groups excluding carboxylic acids is 1. The van der Waals surface area contributed by atoms with Crippen LogP contribution in [0.2, 0.25) is 0 Å². The molecule has 2 atom stereocenters. The molecule has 0 spiro atoms. The number of rotatable bonds is 4. The molecular formula is C14H18N2O5. The van der Waals surface area contributed by atoms with E-state index >= 15 is 0 Å². The molecule has 0 radical (unpaired) electrons. The summed E-state index contributed by atoms with van der Waals surface area (Å²) >= 11 is 0. The summed E-state index contributed by atoms with van der Waals surface area (Å²) in [5.41, 5.74) is 0.113. The van der Waals surface area contributed by atoms with Crippen LogP contribution in [0, 0.1) is 5.92 Å². The molecular weight excluding hydrogens is 276 g/mol. The first kappa shape index (κ1) is 15.1. The minimum absolute atomic E-state index is 0.0283. The number of ether oxygens (including phenoxy) is 1. The van der Waals surface area contributed by atoms with Gasteiger partial charge in [-0.05, 0) is 25.5 Å². The van der Waals surface area contributed by atoms with Crippen LogP contribution in [0.5, 0.6) is 5.75 Å². The Labute approximate surface area is 121 Å². The van der Waals surface area contributed by atoms with E-state index in [2.05, 4.69) is 10.6 Å². The van der Waals surface area contributed by atoms with Gasteiger partial charge in [0.2, 0.25) is 0 Å². The summed E-state index contributed by atoms with van der Waals surface area (Å²) in [7, 11) is 0. The summed E-state index contributed by atoms with van der Waals surface area (Å²) in [6, 6.07) is 3.43. The SMILES string of the molecule is CC(NC(=O)Nc1ccc(C(=O)O)c(O)c1)C1CCOC1. The first-order valence-electron chi connectivity index (χ1n) is 6.69. The number of carbonyl (C=O) groups is 2. The molecule has 7 nitrogen and oxygen atoms in total. The third-order valence-electron chi connectivity index (χ3n) is 3.52. The van der Waals surface area contributed by atoms with Crippen molar-refractivity contribution >= 4 is 17.7 Å². The minimum Gasteiger partial charge on any atom is -0.507 e. The van der Waals surface area contributed by atoms with Gasteiger partial charge in [0, 0.05) is 30.3 Å². The number of anilines is 1. The molecule has 0 bridgehead atoms. The maximum atomic E-state index is 11.8. The Hall–Kier alpha value is -2.28. The van der Waals surface area contributed by atoms with Crippen LogP contribution >= 0.6 is 0 Å². The van der Waals surface area contributed by atoms with E-state index in [1.165, 1.54) is 18.2 Å². The van der Waals surface area contributed by atoms with Crippen LogP contribution in [0.1, 0.15) is 23.7 Å². The number of amides is 2. The fraction of sp³-hybridized carbons (Fsp3) is 0.429. The summed E-state index contributed by atoms with van der Waals surface area (Å²) in [6.45, 7) is 3.25. The number of nitrogens with one attached hydrogen (secondary N) is 2. The molecule has 1 aliphatic rings. The zero-order valence-corrected chi connectivity index (χ0v) is 11.6. The van der Waals surface area contributed by atoms with Crippen molar-refractivity contribution in [1.82, 2.24) is 5.32 Å². The maximum Gasteiger partial charge on any atom is 0.339 e. The van der Waals surface area contributed by atoms with Gasteiger partial charge < -0.3 is 25.6 Å². The minimum atomic E-state index is -1.22. The maximum absolute atomic E-state index is 11.8. The zero-order chi connectivity index (χ0) is 15.4. The van der Waals surface area contributed by atoms with Crippen LogP contribution in [0.3, 0.4) is 0 Å². The zero-order valence-electron chi connectivity index (χ0n) is 11.6. The quantitative estimate of drug-likeness (QED) is 0.675. The summed E-state index contributed by atoms with van der Waals surface area (Å²) < 4.78 is 5.27. The summed E-state index contributed by atoms with van der Waals surface area (Å²) in [4.78, 5) is 22.6. The van der Waals surface area contributed by atoms with Crippen molar-refractivity contribution in [3.63, 3.8) is 0 Å². The average Bonchev–Trinajstić information content (AvgIpc) is 2.91. The van der Waals surface area contributed by atoms with E-state index < -0.39 is 17.7 Å². The van der Waals surface area contributed by atoms with E-state index in [-0.39, 0.29) is 11.6 Å². The molecule has 1 heterocycles. The van der Waals surface area contributed by atoms with E-state index in [9.17, 15) is 14.7 Å². The smallest absolute Gasteiger partial charge is 0.339 e. The van der Waals surface area contributed by atoms with Crippen molar-refractivity contribution in [2.45, 2.75) is 19.4 Å². The Kier molecular flexibility index (Phi) is 4.64. The lowest BCUT2D eigenvalue weighted by Crippen LogP contribution is -2.40. The van der Waals surface area contributed by atoms with E-state index in [0.717, 1.165) is 6.42 Å². The monoisotopic (exact) mass is 294 g/mol. The fourth-order valence-corrected chi connectivity index (χ4v) is 2.23. The molecule has 2 amide bonds. The Morgan fingerprint density at radius 1 is 1.43 bits per heavy atom. The van der Waals surface area contributed by atoms with E-state index in [1.54, 1.807) is 0 Å². The summed E-state index contributed by atoms with van der Waals surface area (Å²) in [5.74, 6) is -1.32. The number of benzene rings is 1. The van der Waals surface area contributed by atoms with Crippen molar-refractivity contribution in [2.24, 2.45) is 5.92 Å². The number of hydrogen-bond acceptors (Lipinski definition) is 4. The highest BCUT2D eigenvalue weighted by atomic mass is 16.5. The number of urea groups is 1. The van der Waals surface area contributed by atoms with Gasteiger partial charge in [-0.1, -0.05) is 0 Å². The molecule has 1 aliphatic heterocycles. The van der Waals surface area contributed by atoms with Crippen molar-refractivity contribution in [1.29, 1.82) is 0 Å². The van der Waals surface area contributed by atoms with Gasteiger partial charge in [-0.3, -0.25) is 0 Å². The van der Waals surface area contributed by atoms with Gasteiger partial charge in [0.05, 0.1) is 6.61 Å². The van der Waals surface area contributed by atoms with Crippen LogP contribution in [-0.4, -0.2) is 41.5 Å². The Balaban J connectivity index is 1.93. The highest BCUT2D eigenvalue weighted by molar-refractivity contribution is 5.94. The molecule has 0 aromatic heterocycles. The molecule has 2 rings (SSSR count). The van der Waals surface area contributed by atoms with Crippen LogP contribution < -0.4 is 10.6 Å². The summed E-state index contributed by atoms with van der Waals surface area (Å²) in [6.07, 6.45) is 0.912. The van der Waals surface area contributed by atoms with Gasteiger partial charge in [-0.2, -0.15) is 0 Å². The molecule has 0 aliphatic carbocycles. The number of hydrogen-bond donors (Lipinski definition) is 4. The van der Waals surface area contributed by atoms with E-state index in [0.29, 0.717) is 24.8 Å². The molecule has 1 aromatic rings. The number of carboxylic acid groups (broad SMARTS) is 1. The van der Waals surface area contributed by atoms with Crippen LogP contribution in [-0.2, 0) is 4.74 Å². The van der Waals surface area contributed by atoms with E-state index in [4.69, 9.17) is 9.84 Å². The number of carboxylic acids is 1. The fourth-order valence-electron chi connectivity index (χ4n) is 2.23. The summed E-state index contributed by atoms with van der Waals surface area (Å²) in [5, 5.41) is 23.7. The second-order valence-corrected chi connectivity index (χ2v) is 5.05. The second kappa shape index (κ2) is 6.45. The molecule has 0 saturated carbocycles. The van der Waals surface area contributed by atoms with Crippen LogP contribution in [0.25, 0.3) is 0 Å². The first-order valence-corrected chi connectivity index (χ1v) is 6.69. The first-order chi connectivity index (χ1) is 9.97. The molecule has 1 aromatic carbocycles. The standard InChI is InChI=1S/C14H18N2O5/c1-8(9-4-5-21-7-9)15-14(20)16-10-2-3-11(13(18)19)12(17)6-10/h2-3,6,8-9,17H,4-5,7H2,1H3,(H,18,19)(H2,15,16,20). The highest BCUT2D eigenvalue weighted by Gasteiger charge is 2.23. The van der Waals surface area contributed by atoms with Gasteiger partial charge in [0.15, 0.2) is 0 Å². The largest absolute Gasteiger partial charge is 0.507 e. The van der Waals surface area contributed by atoms with E-state index in [1.807, 2.05) is 6.92 Å². The van der Waals surface area contributed by atoms with Crippen LogP contribution in [0.15, 0.2) is 18.2 Å². The van der Waals surface area contributed by atoms with Crippen molar-refractivity contribution in [2.75, 3.05) is 18.5 Å². The Morgan fingerprint density at radius 3 is 2.76 bits per heavy atom. The number of aromatic hydroxyl groups is 1. The molecule has 7 heteroatoms. The average molecular weight is 294 g/mol. The molecule has 2 unspecified atom stereocenters. The lowest BCUT2D eigenvalue weighted by Gasteiger charge is -2.19. The van der Waals surface area contributed by atoms with Crippen LogP contribution in [0.4, 0.5) is 10.5 Å². The third-order valence-corrected chi connectivity index (χ3v) is 3.52.